The number of aliphatic hydroxyl groups excluding tert-OH is 1. The largest absolute Gasteiger partial charge is 0.392 e. The van der Waals surface area contributed by atoms with E-state index < -0.39 is 0 Å². The Kier molecular flexibility index (Phi) is 5.90. The zero-order valence-electron chi connectivity index (χ0n) is 9.11. The second kappa shape index (κ2) is 6.70. The molecule has 3 atom stereocenters. The van der Waals surface area contributed by atoms with E-state index in [9.17, 15) is 5.11 Å². The summed E-state index contributed by atoms with van der Waals surface area (Å²) in [5, 5.41) is 10.3. The fourth-order valence-corrected chi connectivity index (χ4v) is 3.36. The van der Waals surface area contributed by atoms with Crippen LogP contribution in [0.4, 0.5) is 0 Å². The Hall–Kier alpha value is 0.270. The highest BCUT2D eigenvalue weighted by Gasteiger charge is 2.21. The molecule has 3 N–H and O–H groups in total. The molecule has 0 aromatic carbocycles. The number of nitrogens with two attached hydrogens (primary N) is 1. The van der Waals surface area contributed by atoms with Crippen LogP contribution in [-0.2, 0) is 0 Å². The van der Waals surface area contributed by atoms with Crippen molar-refractivity contribution in [3.8, 4) is 0 Å². The van der Waals surface area contributed by atoms with Crippen LogP contribution in [0.5, 0.6) is 0 Å². The normalized spacial score (nSPS) is 31.1. The van der Waals surface area contributed by atoms with Gasteiger partial charge in [0.25, 0.3) is 0 Å². The third-order valence-corrected chi connectivity index (χ3v) is 4.27. The molecule has 3 unspecified atom stereocenters. The molecule has 0 radical (unpaired) electrons. The van der Waals surface area contributed by atoms with Crippen molar-refractivity contribution in [2.75, 3.05) is 5.75 Å². The number of rotatable bonds is 4. The second-order valence-electron chi connectivity index (χ2n) is 4.38. The molecule has 0 aromatic heterocycles. The van der Waals surface area contributed by atoms with E-state index in [2.05, 4.69) is 0 Å². The summed E-state index contributed by atoms with van der Waals surface area (Å²) in [5.41, 5.74) is 5.70. The Morgan fingerprint density at radius 3 is 2.79 bits per heavy atom. The molecular weight excluding hydrogens is 194 g/mol. The van der Waals surface area contributed by atoms with Gasteiger partial charge in [0.2, 0.25) is 0 Å². The van der Waals surface area contributed by atoms with Gasteiger partial charge in [-0.1, -0.05) is 19.3 Å². The third-order valence-electron chi connectivity index (χ3n) is 2.82. The topological polar surface area (TPSA) is 46.2 Å². The quantitative estimate of drug-likeness (QED) is 0.709. The number of thioether (sulfide) groups is 1. The summed E-state index contributed by atoms with van der Waals surface area (Å²) in [4.78, 5) is 0. The van der Waals surface area contributed by atoms with Gasteiger partial charge in [0.05, 0.1) is 6.10 Å². The molecule has 1 aliphatic rings. The summed E-state index contributed by atoms with van der Waals surface area (Å²) in [6, 6.07) is 0.297. The standard InChI is InChI=1S/C11H23NOS/c1-9(12)7-8-14-11-6-4-2-3-5-10(11)13/h9-11,13H,2-8,12H2,1H3. The zero-order chi connectivity index (χ0) is 10.4. The lowest BCUT2D eigenvalue weighted by molar-refractivity contribution is 0.163. The third kappa shape index (κ3) is 4.67. The van der Waals surface area contributed by atoms with Gasteiger partial charge in [-0.2, -0.15) is 11.8 Å². The number of aliphatic hydroxyl groups is 1. The van der Waals surface area contributed by atoms with Crippen LogP contribution >= 0.6 is 11.8 Å². The second-order valence-corrected chi connectivity index (χ2v) is 5.73. The van der Waals surface area contributed by atoms with Crippen molar-refractivity contribution in [1.29, 1.82) is 0 Å². The van der Waals surface area contributed by atoms with E-state index >= 15 is 0 Å². The summed E-state index contributed by atoms with van der Waals surface area (Å²) >= 11 is 1.92. The minimum atomic E-state index is -0.0735. The SMILES string of the molecule is CC(N)CCSC1CCCCCC1O. The Labute approximate surface area is 91.6 Å². The van der Waals surface area contributed by atoms with E-state index in [1.807, 2.05) is 18.7 Å². The van der Waals surface area contributed by atoms with Crippen LogP contribution in [0.3, 0.4) is 0 Å². The maximum atomic E-state index is 9.86. The first-order chi connectivity index (χ1) is 6.70. The zero-order valence-corrected chi connectivity index (χ0v) is 9.93. The van der Waals surface area contributed by atoms with Crippen molar-refractivity contribution in [3.63, 3.8) is 0 Å². The Balaban J connectivity index is 2.19. The van der Waals surface area contributed by atoms with Gasteiger partial charge in [0.15, 0.2) is 0 Å². The van der Waals surface area contributed by atoms with Crippen LogP contribution < -0.4 is 5.73 Å². The van der Waals surface area contributed by atoms with E-state index in [4.69, 9.17) is 5.73 Å². The van der Waals surface area contributed by atoms with Gasteiger partial charge < -0.3 is 10.8 Å². The van der Waals surface area contributed by atoms with Crippen molar-refractivity contribution in [1.82, 2.24) is 0 Å². The lowest BCUT2D eigenvalue weighted by atomic mass is 10.1. The molecule has 1 saturated carbocycles. The first-order valence-electron chi connectivity index (χ1n) is 5.75. The number of hydrogen-bond donors (Lipinski definition) is 2. The van der Waals surface area contributed by atoms with E-state index in [1.165, 1.54) is 25.7 Å². The first kappa shape index (κ1) is 12.3. The van der Waals surface area contributed by atoms with Crippen molar-refractivity contribution >= 4 is 11.8 Å². The van der Waals surface area contributed by atoms with E-state index in [-0.39, 0.29) is 6.10 Å². The van der Waals surface area contributed by atoms with Crippen molar-refractivity contribution in [3.05, 3.63) is 0 Å². The maximum absolute atomic E-state index is 9.86. The summed E-state index contributed by atoms with van der Waals surface area (Å²) < 4.78 is 0. The summed E-state index contributed by atoms with van der Waals surface area (Å²) in [7, 11) is 0. The molecule has 0 saturated heterocycles. The van der Waals surface area contributed by atoms with Crippen LogP contribution in [0.1, 0.15) is 45.4 Å². The van der Waals surface area contributed by atoms with Crippen LogP contribution in [0, 0.1) is 0 Å². The van der Waals surface area contributed by atoms with Gasteiger partial charge in [-0.3, -0.25) is 0 Å². The molecule has 0 heterocycles. The first-order valence-corrected chi connectivity index (χ1v) is 6.80. The molecule has 1 rings (SSSR count). The lowest BCUT2D eigenvalue weighted by Gasteiger charge is -2.20. The molecule has 14 heavy (non-hydrogen) atoms. The minimum Gasteiger partial charge on any atom is -0.392 e. The predicted octanol–water partition coefficient (Wildman–Crippen LogP) is 2.15. The van der Waals surface area contributed by atoms with Crippen LogP contribution in [0.25, 0.3) is 0 Å². The summed E-state index contributed by atoms with van der Waals surface area (Å²) in [5.74, 6) is 1.10. The molecule has 0 spiro atoms. The van der Waals surface area contributed by atoms with Crippen LogP contribution in [-0.4, -0.2) is 28.3 Å². The molecular formula is C11H23NOS. The molecule has 1 fully saturated rings. The van der Waals surface area contributed by atoms with Crippen LogP contribution in [0.15, 0.2) is 0 Å². The average Bonchev–Trinajstić information content (AvgIpc) is 2.31. The summed E-state index contributed by atoms with van der Waals surface area (Å²) in [6.07, 6.45) is 6.95. The monoisotopic (exact) mass is 217 g/mol. The van der Waals surface area contributed by atoms with Crippen molar-refractivity contribution < 1.29 is 5.11 Å². The Morgan fingerprint density at radius 1 is 1.36 bits per heavy atom. The van der Waals surface area contributed by atoms with Crippen molar-refractivity contribution in [2.45, 2.75) is 62.8 Å². The fourth-order valence-electron chi connectivity index (χ4n) is 1.85. The van der Waals surface area contributed by atoms with Gasteiger partial charge in [-0.05, 0) is 31.9 Å². The Morgan fingerprint density at radius 2 is 2.07 bits per heavy atom. The molecule has 3 heteroatoms. The van der Waals surface area contributed by atoms with Gasteiger partial charge >= 0.3 is 0 Å². The number of hydrogen-bond acceptors (Lipinski definition) is 3. The van der Waals surface area contributed by atoms with Gasteiger partial charge in [-0.15, -0.1) is 0 Å². The van der Waals surface area contributed by atoms with Crippen molar-refractivity contribution in [2.24, 2.45) is 5.73 Å². The van der Waals surface area contributed by atoms with E-state index in [0.29, 0.717) is 11.3 Å². The molecule has 84 valence electrons. The smallest absolute Gasteiger partial charge is 0.0658 e. The maximum Gasteiger partial charge on any atom is 0.0658 e. The molecule has 1 aliphatic carbocycles. The van der Waals surface area contributed by atoms with Gasteiger partial charge in [0.1, 0.15) is 0 Å². The van der Waals surface area contributed by atoms with Crippen LogP contribution in [0.2, 0.25) is 0 Å². The molecule has 0 bridgehead atoms. The fraction of sp³-hybridized carbons (Fsp3) is 1.00. The van der Waals surface area contributed by atoms with E-state index in [1.54, 1.807) is 0 Å². The molecule has 0 aliphatic heterocycles. The minimum absolute atomic E-state index is 0.0735. The predicted molar refractivity (Wildman–Crippen MR) is 63.6 cm³/mol. The van der Waals surface area contributed by atoms with Gasteiger partial charge in [0, 0.05) is 11.3 Å². The molecule has 0 amide bonds. The average molecular weight is 217 g/mol. The highest BCUT2D eigenvalue weighted by Crippen LogP contribution is 2.28. The highest BCUT2D eigenvalue weighted by molar-refractivity contribution is 7.99. The lowest BCUT2D eigenvalue weighted by Crippen LogP contribution is -2.23. The molecule has 2 nitrogen and oxygen atoms in total. The molecule has 0 aromatic rings. The van der Waals surface area contributed by atoms with E-state index in [0.717, 1.165) is 18.6 Å². The summed E-state index contributed by atoms with van der Waals surface area (Å²) in [6.45, 7) is 2.05. The van der Waals surface area contributed by atoms with Gasteiger partial charge in [-0.25, -0.2) is 0 Å². The Bertz CT molecular complexity index is 152. The highest BCUT2D eigenvalue weighted by atomic mass is 32.2.